The highest BCUT2D eigenvalue weighted by molar-refractivity contribution is 5.25. The van der Waals surface area contributed by atoms with Gasteiger partial charge in [0.15, 0.2) is 0 Å². The number of hydrogen-bond acceptors (Lipinski definition) is 3. The van der Waals surface area contributed by atoms with E-state index in [9.17, 15) is 0 Å². The molecule has 0 saturated heterocycles. The van der Waals surface area contributed by atoms with Crippen molar-refractivity contribution in [1.29, 1.82) is 0 Å². The molecule has 0 amide bonds. The Kier molecular flexibility index (Phi) is 4.56. The maximum absolute atomic E-state index is 5.19. The topological polar surface area (TPSA) is 34.1 Å². The van der Waals surface area contributed by atoms with Crippen LogP contribution in [-0.2, 0) is 6.54 Å². The summed E-state index contributed by atoms with van der Waals surface area (Å²) in [7, 11) is 1.65. The van der Waals surface area contributed by atoms with E-state index in [1.165, 1.54) is 0 Å². The van der Waals surface area contributed by atoms with Crippen molar-refractivity contribution in [2.75, 3.05) is 7.11 Å². The van der Waals surface area contributed by atoms with E-state index in [1.807, 2.05) is 12.1 Å². The van der Waals surface area contributed by atoms with Gasteiger partial charge in [-0.15, -0.1) is 0 Å². The van der Waals surface area contributed by atoms with Crippen molar-refractivity contribution in [3.05, 3.63) is 23.9 Å². The average molecular weight is 208 g/mol. The van der Waals surface area contributed by atoms with Gasteiger partial charge in [0.1, 0.15) is 0 Å². The number of nitrogens with one attached hydrogen (secondary N) is 1. The normalized spacial score (nSPS) is 12.9. The van der Waals surface area contributed by atoms with E-state index in [-0.39, 0.29) is 0 Å². The third-order valence-corrected chi connectivity index (χ3v) is 2.66. The van der Waals surface area contributed by atoms with E-state index in [2.05, 4.69) is 31.1 Å². The first-order valence-corrected chi connectivity index (χ1v) is 5.36. The zero-order chi connectivity index (χ0) is 11.3. The number of ether oxygens (including phenoxy) is 1. The lowest BCUT2D eigenvalue weighted by atomic mass is 10.1. The molecular weight excluding hydrogens is 188 g/mol. The highest BCUT2D eigenvalue weighted by atomic mass is 16.5. The standard InChI is InChI=1S/C12H20N2O/c1-9(2)10(3)14-8-11-6-5-7-13-12(11)15-4/h5-7,9-10,14H,8H2,1-4H3/t10-/m1/s1. The number of hydrogen-bond donors (Lipinski definition) is 1. The van der Waals surface area contributed by atoms with Crippen molar-refractivity contribution in [3.8, 4) is 5.88 Å². The summed E-state index contributed by atoms with van der Waals surface area (Å²) in [6.45, 7) is 7.40. The molecular formula is C12H20N2O. The molecule has 0 spiro atoms. The molecule has 0 bridgehead atoms. The van der Waals surface area contributed by atoms with E-state index in [1.54, 1.807) is 13.3 Å². The quantitative estimate of drug-likeness (QED) is 0.805. The molecule has 84 valence electrons. The number of rotatable bonds is 5. The van der Waals surface area contributed by atoms with E-state index in [4.69, 9.17) is 4.74 Å². The minimum Gasteiger partial charge on any atom is -0.481 e. The minimum absolute atomic E-state index is 0.495. The van der Waals surface area contributed by atoms with Crippen molar-refractivity contribution in [2.45, 2.75) is 33.4 Å². The van der Waals surface area contributed by atoms with Gasteiger partial charge < -0.3 is 10.1 Å². The molecule has 0 aliphatic carbocycles. The lowest BCUT2D eigenvalue weighted by molar-refractivity contribution is 0.381. The molecule has 15 heavy (non-hydrogen) atoms. The first-order valence-electron chi connectivity index (χ1n) is 5.36. The molecule has 0 aromatic carbocycles. The third kappa shape index (κ3) is 3.51. The second-order valence-corrected chi connectivity index (χ2v) is 4.09. The number of nitrogens with zero attached hydrogens (tertiary/aromatic N) is 1. The molecule has 3 nitrogen and oxygen atoms in total. The highest BCUT2D eigenvalue weighted by Gasteiger charge is 2.08. The molecule has 0 radical (unpaired) electrons. The lowest BCUT2D eigenvalue weighted by Crippen LogP contribution is -2.30. The van der Waals surface area contributed by atoms with Crippen molar-refractivity contribution in [2.24, 2.45) is 5.92 Å². The summed E-state index contributed by atoms with van der Waals surface area (Å²) in [5.41, 5.74) is 1.10. The maximum Gasteiger partial charge on any atom is 0.217 e. The van der Waals surface area contributed by atoms with Gasteiger partial charge in [-0.1, -0.05) is 19.9 Å². The number of pyridine rings is 1. The van der Waals surface area contributed by atoms with Crippen LogP contribution in [-0.4, -0.2) is 18.1 Å². The van der Waals surface area contributed by atoms with Crippen LogP contribution >= 0.6 is 0 Å². The molecule has 0 aliphatic heterocycles. The Labute approximate surface area is 91.9 Å². The van der Waals surface area contributed by atoms with Crippen LogP contribution in [0.4, 0.5) is 0 Å². The number of aromatic nitrogens is 1. The summed E-state index contributed by atoms with van der Waals surface area (Å²) in [5.74, 6) is 1.34. The number of methoxy groups -OCH3 is 1. The van der Waals surface area contributed by atoms with Crippen LogP contribution in [0.2, 0.25) is 0 Å². The molecule has 1 rings (SSSR count). The summed E-state index contributed by atoms with van der Waals surface area (Å²) in [4.78, 5) is 4.16. The average Bonchev–Trinajstić information content (AvgIpc) is 2.26. The van der Waals surface area contributed by atoms with E-state index < -0.39 is 0 Å². The van der Waals surface area contributed by atoms with Gasteiger partial charge in [-0.2, -0.15) is 0 Å². The molecule has 3 heteroatoms. The van der Waals surface area contributed by atoms with Crippen LogP contribution in [0.5, 0.6) is 5.88 Å². The van der Waals surface area contributed by atoms with Crippen LogP contribution in [0.1, 0.15) is 26.3 Å². The molecule has 1 atom stereocenters. The minimum atomic E-state index is 0.495. The Morgan fingerprint density at radius 2 is 2.13 bits per heavy atom. The summed E-state index contributed by atoms with van der Waals surface area (Å²) in [5, 5.41) is 3.45. The van der Waals surface area contributed by atoms with Gasteiger partial charge in [-0.25, -0.2) is 4.98 Å². The monoisotopic (exact) mass is 208 g/mol. The van der Waals surface area contributed by atoms with Gasteiger partial charge in [0.05, 0.1) is 7.11 Å². The third-order valence-electron chi connectivity index (χ3n) is 2.66. The van der Waals surface area contributed by atoms with Gasteiger partial charge in [0, 0.05) is 24.3 Å². The molecule has 1 aromatic rings. The predicted octanol–water partition coefficient (Wildman–Crippen LogP) is 2.22. The van der Waals surface area contributed by atoms with Gasteiger partial charge >= 0.3 is 0 Å². The van der Waals surface area contributed by atoms with Crippen molar-refractivity contribution >= 4 is 0 Å². The summed E-state index contributed by atoms with van der Waals surface area (Å²) in [6.07, 6.45) is 1.74. The van der Waals surface area contributed by atoms with Crippen LogP contribution in [0.3, 0.4) is 0 Å². The molecule has 0 fully saturated rings. The van der Waals surface area contributed by atoms with Crippen LogP contribution in [0, 0.1) is 5.92 Å². The molecule has 1 N–H and O–H groups in total. The molecule has 0 aliphatic rings. The van der Waals surface area contributed by atoms with Crippen LogP contribution < -0.4 is 10.1 Å². The van der Waals surface area contributed by atoms with E-state index in [0.29, 0.717) is 17.8 Å². The predicted molar refractivity (Wildman–Crippen MR) is 61.9 cm³/mol. The SMILES string of the molecule is COc1ncccc1CN[C@H](C)C(C)C. The van der Waals surface area contributed by atoms with Gasteiger partial charge in [-0.05, 0) is 18.9 Å². The molecule has 1 heterocycles. The Bertz CT molecular complexity index is 299. The fourth-order valence-corrected chi connectivity index (χ4v) is 1.25. The summed E-state index contributed by atoms with van der Waals surface area (Å²) >= 11 is 0. The Hall–Kier alpha value is -1.09. The van der Waals surface area contributed by atoms with Gasteiger partial charge in [0.2, 0.25) is 5.88 Å². The summed E-state index contributed by atoms with van der Waals surface area (Å²) < 4.78 is 5.19. The Morgan fingerprint density at radius 3 is 2.73 bits per heavy atom. The maximum atomic E-state index is 5.19. The van der Waals surface area contributed by atoms with Crippen molar-refractivity contribution in [3.63, 3.8) is 0 Å². The zero-order valence-corrected chi connectivity index (χ0v) is 9.95. The zero-order valence-electron chi connectivity index (χ0n) is 9.95. The van der Waals surface area contributed by atoms with Crippen LogP contribution in [0.15, 0.2) is 18.3 Å². The van der Waals surface area contributed by atoms with Crippen molar-refractivity contribution < 1.29 is 4.74 Å². The Morgan fingerprint density at radius 1 is 1.40 bits per heavy atom. The fourth-order valence-electron chi connectivity index (χ4n) is 1.25. The van der Waals surface area contributed by atoms with Crippen molar-refractivity contribution in [1.82, 2.24) is 10.3 Å². The van der Waals surface area contributed by atoms with Gasteiger partial charge in [0.25, 0.3) is 0 Å². The Balaban J connectivity index is 2.57. The van der Waals surface area contributed by atoms with Crippen LogP contribution in [0.25, 0.3) is 0 Å². The molecule has 0 saturated carbocycles. The first-order chi connectivity index (χ1) is 7.15. The molecule has 0 unspecified atom stereocenters. The van der Waals surface area contributed by atoms with E-state index >= 15 is 0 Å². The highest BCUT2D eigenvalue weighted by Crippen LogP contribution is 2.13. The largest absolute Gasteiger partial charge is 0.481 e. The summed E-state index contributed by atoms with van der Waals surface area (Å²) in [6, 6.07) is 4.46. The lowest BCUT2D eigenvalue weighted by Gasteiger charge is -2.17. The first kappa shape index (κ1) is 12.0. The van der Waals surface area contributed by atoms with E-state index in [0.717, 1.165) is 12.1 Å². The molecule has 1 aromatic heterocycles. The second kappa shape index (κ2) is 5.71. The second-order valence-electron chi connectivity index (χ2n) is 4.09. The van der Waals surface area contributed by atoms with Gasteiger partial charge in [-0.3, -0.25) is 0 Å². The fraction of sp³-hybridized carbons (Fsp3) is 0.583. The smallest absolute Gasteiger partial charge is 0.217 e.